The highest BCUT2D eigenvalue weighted by molar-refractivity contribution is 5.90. The summed E-state index contributed by atoms with van der Waals surface area (Å²) in [5, 5.41) is 3.12. The molecule has 0 amide bonds. The molecule has 2 heterocycles. The molecular weight excluding hydrogens is 270 g/mol. The van der Waals surface area contributed by atoms with Crippen LogP contribution in [-0.2, 0) is 4.74 Å². The second-order valence-electron chi connectivity index (χ2n) is 4.41. The predicted molar refractivity (Wildman–Crippen MR) is 76.8 cm³/mol. The number of aryl methyl sites for hydroxylation is 1. The van der Waals surface area contributed by atoms with Gasteiger partial charge in [0.1, 0.15) is 0 Å². The van der Waals surface area contributed by atoms with E-state index in [4.69, 9.17) is 4.74 Å². The van der Waals surface area contributed by atoms with Gasteiger partial charge in [-0.15, -0.1) is 0 Å². The first-order valence-corrected chi connectivity index (χ1v) is 6.65. The van der Waals surface area contributed by atoms with Crippen molar-refractivity contribution in [1.29, 1.82) is 0 Å². The zero-order chi connectivity index (χ0) is 15.2. The smallest absolute Gasteiger partial charge is 0.341 e. The van der Waals surface area contributed by atoms with E-state index in [1.54, 1.807) is 32.4 Å². The number of rotatable bonds is 5. The number of esters is 1. The van der Waals surface area contributed by atoms with Crippen LogP contribution in [0, 0.1) is 6.92 Å². The van der Waals surface area contributed by atoms with E-state index < -0.39 is 5.97 Å². The molecule has 0 aliphatic rings. The van der Waals surface area contributed by atoms with Crippen LogP contribution in [0.1, 0.15) is 41.6 Å². The highest BCUT2D eigenvalue weighted by Gasteiger charge is 2.14. The Kier molecular flexibility index (Phi) is 4.76. The minimum absolute atomic E-state index is 0.0912. The van der Waals surface area contributed by atoms with Crippen molar-refractivity contribution < 1.29 is 9.53 Å². The third kappa shape index (κ3) is 3.71. The number of nitrogens with one attached hydrogen (secondary N) is 1. The molecule has 0 bridgehead atoms. The van der Waals surface area contributed by atoms with Crippen LogP contribution in [0.2, 0.25) is 0 Å². The number of aromatic nitrogens is 4. The SMILES string of the molecule is CCOC(=O)c1cnc(N[C@H](C)c2cnccn2)nc1C. The van der Waals surface area contributed by atoms with Crippen molar-refractivity contribution in [2.24, 2.45) is 0 Å². The van der Waals surface area contributed by atoms with Gasteiger partial charge in [-0.1, -0.05) is 0 Å². The van der Waals surface area contributed by atoms with Crippen LogP contribution in [-0.4, -0.2) is 32.5 Å². The summed E-state index contributed by atoms with van der Waals surface area (Å²) in [6.45, 7) is 5.75. The Labute approximate surface area is 122 Å². The predicted octanol–water partition coefficient (Wildman–Crippen LogP) is 1.92. The molecule has 0 aliphatic heterocycles. The molecule has 2 aromatic heterocycles. The van der Waals surface area contributed by atoms with Gasteiger partial charge in [0.25, 0.3) is 0 Å². The molecule has 1 N–H and O–H groups in total. The van der Waals surface area contributed by atoms with Crippen molar-refractivity contribution in [3.05, 3.63) is 41.7 Å². The number of ether oxygens (including phenoxy) is 1. The molecule has 0 aromatic carbocycles. The summed E-state index contributed by atoms with van der Waals surface area (Å²) in [6, 6.07) is -0.0912. The number of carbonyl (C=O) groups excluding carboxylic acids is 1. The van der Waals surface area contributed by atoms with E-state index in [1.807, 2.05) is 6.92 Å². The summed E-state index contributed by atoms with van der Waals surface area (Å²) in [6.07, 6.45) is 6.39. The van der Waals surface area contributed by atoms with E-state index in [0.29, 0.717) is 23.8 Å². The Bertz CT molecular complexity index is 618. The van der Waals surface area contributed by atoms with Crippen LogP contribution in [0.4, 0.5) is 5.95 Å². The zero-order valence-corrected chi connectivity index (χ0v) is 12.2. The van der Waals surface area contributed by atoms with Gasteiger partial charge >= 0.3 is 5.97 Å². The van der Waals surface area contributed by atoms with Gasteiger partial charge in [-0.2, -0.15) is 0 Å². The molecule has 2 rings (SSSR count). The molecule has 21 heavy (non-hydrogen) atoms. The van der Waals surface area contributed by atoms with Gasteiger partial charge in [0.05, 0.1) is 35.8 Å². The largest absolute Gasteiger partial charge is 0.462 e. The Morgan fingerprint density at radius 2 is 2.14 bits per heavy atom. The second-order valence-corrected chi connectivity index (χ2v) is 4.41. The topological polar surface area (TPSA) is 89.9 Å². The highest BCUT2D eigenvalue weighted by atomic mass is 16.5. The van der Waals surface area contributed by atoms with Crippen molar-refractivity contribution in [2.75, 3.05) is 11.9 Å². The first kappa shape index (κ1) is 14.8. The van der Waals surface area contributed by atoms with Gasteiger partial charge in [-0.05, 0) is 20.8 Å². The van der Waals surface area contributed by atoms with Crippen LogP contribution >= 0.6 is 0 Å². The Morgan fingerprint density at radius 3 is 2.76 bits per heavy atom. The fourth-order valence-corrected chi connectivity index (χ4v) is 1.75. The van der Waals surface area contributed by atoms with Crippen LogP contribution in [0.5, 0.6) is 0 Å². The third-order valence-electron chi connectivity index (χ3n) is 2.85. The molecule has 110 valence electrons. The van der Waals surface area contributed by atoms with Crippen LogP contribution in [0.25, 0.3) is 0 Å². The van der Waals surface area contributed by atoms with Crippen molar-refractivity contribution >= 4 is 11.9 Å². The lowest BCUT2D eigenvalue weighted by Gasteiger charge is -2.13. The Morgan fingerprint density at radius 1 is 1.33 bits per heavy atom. The molecule has 0 saturated carbocycles. The Hall–Kier alpha value is -2.57. The third-order valence-corrected chi connectivity index (χ3v) is 2.85. The molecule has 0 aliphatic carbocycles. The van der Waals surface area contributed by atoms with Gasteiger partial charge in [0.15, 0.2) is 0 Å². The Balaban J connectivity index is 2.12. The lowest BCUT2D eigenvalue weighted by atomic mass is 10.2. The lowest BCUT2D eigenvalue weighted by molar-refractivity contribution is 0.0524. The van der Waals surface area contributed by atoms with Gasteiger partial charge in [0, 0.05) is 18.6 Å². The number of hydrogen-bond acceptors (Lipinski definition) is 7. The van der Waals surface area contributed by atoms with Crippen molar-refractivity contribution in [3.8, 4) is 0 Å². The van der Waals surface area contributed by atoms with Crippen molar-refractivity contribution in [1.82, 2.24) is 19.9 Å². The maximum absolute atomic E-state index is 11.7. The minimum Gasteiger partial charge on any atom is -0.462 e. The molecule has 2 aromatic rings. The molecule has 7 nitrogen and oxygen atoms in total. The van der Waals surface area contributed by atoms with Crippen molar-refractivity contribution in [2.45, 2.75) is 26.8 Å². The monoisotopic (exact) mass is 287 g/mol. The highest BCUT2D eigenvalue weighted by Crippen LogP contribution is 2.15. The first-order valence-electron chi connectivity index (χ1n) is 6.65. The quantitative estimate of drug-likeness (QED) is 0.840. The number of nitrogens with zero attached hydrogens (tertiary/aromatic N) is 4. The molecule has 0 unspecified atom stereocenters. The van der Waals surface area contributed by atoms with E-state index in [9.17, 15) is 4.79 Å². The van der Waals surface area contributed by atoms with Crippen LogP contribution in [0.3, 0.4) is 0 Å². The van der Waals surface area contributed by atoms with E-state index >= 15 is 0 Å². The lowest BCUT2D eigenvalue weighted by Crippen LogP contribution is -2.14. The summed E-state index contributed by atoms with van der Waals surface area (Å²) < 4.78 is 4.94. The molecule has 0 spiro atoms. The molecule has 1 atom stereocenters. The summed E-state index contributed by atoms with van der Waals surface area (Å²) in [5.41, 5.74) is 1.72. The molecule has 7 heteroatoms. The van der Waals surface area contributed by atoms with E-state index in [2.05, 4.69) is 25.3 Å². The second kappa shape index (κ2) is 6.74. The van der Waals surface area contributed by atoms with Gasteiger partial charge in [-0.25, -0.2) is 14.8 Å². The minimum atomic E-state index is -0.413. The van der Waals surface area contributed by atoms with E-state index in [0.717, 1.165) is 5.69 Å². The summed E-state index contributed by atoms with van der Waals surface area (Å²) in [7, 11) is 0. The van der Waals surface area contributed by atoms with Gasteiger partial charge in [0.2, 0.25) is 5.95 Å². The number of hydrogen-bond donors (Lipinski definition) is 1. The summed E-state index contributed by atoms with van der Waals surface area (Å²) in [5.74, 6) is 0.0160. The first-order chi connectivity index (χ1) is 10.1. The average Bonchev–Trinajstić information content (AvgIpc) is 2.48. The molecular formula is C14H17N5O2. The van der Waals surface area contributed by atoms with Crippen LogP contribution in [0.15, 0.2) is 24.8 Å². The summed E-state index contributed by atoms with van der Waals surface area (Å²) in [4.78, 5) is 28.3. The van der Waals surface area contributed by atoms with Gasteiger partial charge in [-0.3, -0.25) is 9.97 Å². The fourth-order valence-electron chi connectivity index (χ4n) is 1.75. The molecule has 0 radical (unpaired) electrons. The van der Waals surface area contributed by atoms with E-state index in [-0.39, 0.29) is 6.04 Å². The molecule has 0 saturated heterocycles. The average molecular weight is 287 g/mol. The number of anilines is 1. The summed E-state index contributed by atoms with van der Waals surface area (Å²) >= 11 is 0. The fraction of sp³-hybridized carbons (Fsp3) is 0.357. The maximum Gasteiger partial charge on any atom is 0.341 e. The normalized spacial score (nSPS) is 11.8. The van der Waals surface area contributed by atoms with E-state index in [1.165, 1.54) is 6.20 Å². The van der Waals surface area contributed by atoms with Crippen LogP contribution < -0.4 is 5.32 Å². The number of carbonyl (C=O) groups is 1. The van der Waals surface area contributed by atoms with Gasteiger partial charge < -0.3 is 10.1 Å². The van der Waals surface area contributed by atoms with Crippen molar-refractivity contribution in [3.63, 3.8) is 0 Å². The standard InChI is InChI=1S/C14H17N5O2/c1-4-21-13(20)11-7-17-14(18-9(11)2)19-10(3)12-8-15-5-6-16-12/h5-8,10H,4H2,1-3H3,(H,17,18,19)/t10-/m1/s1. The maximum atomic E-state index is 11.7. The molecule has 0 fully saturated rings. The zero-order valence-electron chi connectivity index (χ0n) is 12.2.